The van der Waals surface area contributed by atoms with Crippen LogP contribution in [0.15, 0.2) is 24.3 Å². The Morgan fingerprint density at radius 3 is 2.78 bits per heavy atom. The van der Waals surface area contributed by atoms with E-state index in [1.54, 1.807) is 0 Å². The zero-order valence-corrected chi connectivity index (χ0v) is 11.0. The number of hydrogen-bond donors (Lipinski definition) is 2. The van der Waals surface area contributed by atoms with Crippen molar-refractivity contribution < 1.29 is 0 Å². The summed E-state index contributed by atoms with van der Waals surface area (Å²) in [5.74, 6) is 0.316. The summed E-state index contributed by atoms with van der Waals surface area (Å²) in [5.41, 5.74) is 8.37. The first-order valence-corrected chi connectivity index (χ1v) is 6.88. The quantitative estimate of drug-likeness (QED) is 0.476. The highest BCUT2D eigenvalue weighted by Crippen LogP contribution is 2.18. The van der Waals surface area contributed by atoms with E-state index in [9.17, 15) is 0 Å². The molecule has 0 unspecified atom stereocenters. The molecule has 0 aliphatic carbocycles. The first-order chi connectivity index (χ1) is 8.75. The third kappa shape index (κ3) is 3.84. The van der Waals surface area contributed by atoms with Gasteiger partial charge in [0.2, 0.25) is 0 Å². The Morgan fingerprint density at radius 2 is 2.00 bits per heavy atom. The number of benzene rings is 1. The van der Waals surface area contributed by atoms with Crippen LogP contribution in [0.25, 0.3) is 0 Å². The molecule has 0 saturated carbocycles. The lowest BCUT2D eigenvalue weighted by molar-refractivity contribution is 0.264. The lowest BCUT2D eigenvalue weighted by atomic mass is 10.0. The first kappa shape index (κ1) is 13.1. The number of aryl methyl sites for hydroxylation is 1. The van der Waals surface area contributed by atoms with Crippen molar-refractivity contribution in [2.24, 2.45) is 5.73 Å². The summed E-state index contributed by atoms with van der Waals surface area (Å²) in [6.45, 7) is 3.40. The van der Waals surface area contributed by atoms with Crippen LogP contribution >= 0.6 is 0 Å². The lowest BCUT2D eigenvalue weighted by Gasteiger charge is -2.20. The van der Waals surface area contributed by atoms with E-state index in [1.165, 1.54) is 30.5 Å². The molecule has 98 valence electrons. The maximum atomic E-state index is 7.21. The molecule has 0 spiro atoms. The van der Waals surface area contributed by atoms with Crippen LogP contribution in [0.5, 0.6) is 0 Å². The topological polar surface area (TPSA) is 53.1 Å². The highest BCUT2D eigenvalue weighted by Gasteiger charge is 2.13. The summed E-state index contributed by atoms with van der Waals surface area (Å²) in [6, 6.07) is 8.79. The number of unbranched alkanes of at least 4 members (excludes halogenated alkanes) is 1. The molecule has 0 fully saturated rings. The number of nitrogens with zero attached hydrogens (tertiary/aromatic N) is 1. The predicted molar refractivity (Wildman–Crippen MR) is 75.8 cm³/mol. The van der Waals surface area contributed by atoms with Gasteiger partial charge in [0.25, 0.3) is 0 Å². The van der Waals surface area contributed by atoms with Crippen molar-refractivity contribution in [1.29, 1.82) is 5.41 Å². The number of hydrogen-bond acceptors (Lipinski definition) is 2. The zero-order valence-electron chi connectivity index (χ0n) is 11.0. The van der Waals surface area contributed by atoms with Gasteiger partial charge in [-0.3, -0.25) is 10.3 Å². The van der Waals surface area contributed by atoms with E-state index in [2.05, 4.69) is 29.2 Å². The van der Waals surface area contributed by atoms with Crippen molar-refractivity contribution in [2.75, 3.05) is 13.1 Å². The summed E-state index contributed by atoms with van der Waals surface area (Å²) in [7, 11) is 0. The average molecular weight is 245 g/mol. The minimum absolute atomic E-state index is 0.316. The van der Waals surface area contributed by atoms with Gasteiger partial charge in [0.15, 0.2) is 0 Å². The maximum Gasteiger partial charge on any atom is 0.0905 e. The summed E-state index contributed by atoms with van der Waals surface area (Å²) in [4.78, 5) is 2.53. The summed E-state index contributed by atoms with van der Waals surface area (Å²) in [5, 5.41) is 7.21. The molecule has 0 bridgehead atoms. The molecule has 1 aliphatic rings. The highest BCUT2D eigenvalue weighted by atomic mass is 15.1. The molecule has 3 nitrogen and oxygen atoms in total. The van der Waals surface area contributed by atoms with Gasteiger partial charge in [-0.25, -0.2) is 0 Å². The summed E-state index contributed by atoms with van der Waals surface area (Å²) >= 11 is 0. The molecular formula is C15H23N3. The average Bonchev–Trinajstić information content (AvgIpc) is 2.56. The molecule has 2 rings (SSSR count). The largest absolute Gasteiger partial charge is 0.388 e. The number of nitrogens with two attached hydrogens (primary N) is 1. The van der Waals surface area contributed by atoms with Crippen LogP contribution in [-0.4, -0.2) is 23.8 Å². The van der Waals surface area contributed by atoms with Crippen LogP contribution in [-0.2, 0) is 13.0 Å². The Hall–Kier alpha value is -1.35. The van der Waals surface area contributed by atoms with Gasteiger partial charge >= 0.3 is 0 Å². The molecule has 0 saturated heterocycles. The zero-order chi connectivity index (χ0) is 12.8. The van der Waals surface area contributed by atoms with E-state index in [-0.39, 0.29) is 0 Å². The first-order valence-electron chi connectivity index (χ1n) is 6.88. The van der Waals surface area contributed by atoms with Crippen LogP contribution < -0.4 is 5.73 Å². The molecule has 18 heavy (non-hydrogen) atoms. The standard InChI is InChI=1S/C15H23N3/c16-15(17)9-3-4-10-18-11-5-8-13-6-1-2-7-14(13)12-18/h1-2,6-7H,3-5,8-12H2,(H3,16,17). The van der Waals surface area contributed by atoms with Crippen LogP contribution in [0.1, 0.15) is 36.8 Å². The van der Waals surface area contributed by atoms with Crippen LogP contribution in [0.2, 0.25) is 0 Å². The van der Waals surface area contributed by atoms with Crippen LogP contribution in [0.3, 0.4) is 0 Å². The van der Waals surface area contributed by atoms with Gasteiger partial charge in [0.05, 0.1) is 5.84 Å². The second-order valence-corrected chi connectivity index (χ2v) is 5.13. The fraction of sp³-hybridized carbons (Fsp3) is 0.533. The van der Waals surface area contributed by atoms with E-state index < -0.39 is 0 Å². The van der Waals surface area contributed by atoms with E-state index in [1.807, 2.05) is 0 Å². The second kappa shape index (κ2) is 6.55. The smallest absolute Gasteiger partial charge is 0.0905 e. The van der Waals surface area contributed by atoms with E-state index >= 15 is 0 Å². The molecule has 0 amide bonds. The maximum absolute atomic E-state index is 7.21. The Labute approximate surface area is 109 Å². The van der Waals surface area contributed by atoms with Gasteiger partial charge in [0, 0.05) is 13.0 Å². The van der Waals surface area contributed by atoms with Crippen molar-refractivity contribution in [3.8, 4) is 0 Å². The van der Waals surface area contributed by atoms with Gasteiger partial charge in [-0.05, 0) is 49.9 Å². The van der Waals surface area contributed by atoms with Gasteiger partial charge in [0.1, 0.15) is 0 Å². The summed E-state index contributed by atoms with van der Waals surface area (Å²) in [6.07, 6.45) is 5.38. The number of rotatable bonds is 5. The normalized spacial score (nSPS) is 16.0. The lowest BCUT2D eigenvalue weighted by Crippen LogP contribution is -2.24. The van der Waals surface area contributed by atoms with E-state index in [0.717, 1.165) is 32.4 Å². The van der Waals surface area contributed by atoms with Crippen molar-refractivity contribution in [1.82, 2.24) is 4.90 Å². The fourth-order valence-electron chi connectivity index (χ4n) is 2.61. The Morgan fingerprint density at radius 1 is 1.22 bits per heavy atom. The van der Waals surface area contributed by atoms with Gasteiger partial charge in [-0.15, -0.1) is 0 Å². The molecule has 1 aromatic rings. The molecule has 1 aliphatic heterocycles. The molecule has 1 heterocycles. The van der Waals surface area contributed by atoms with Crippen molar-refractivity contribution in [2.45, 2.75) is 38.6 Å². The molecule has 3 heteroatoms. The minimum Gasteiger partial charge on any atom is -0.388 e. The second-order valence-electron chi connectivity index (χ2n) is 5.13. The Bertz CT molecular complexity index is 400. The van der Waals surface area contributed by atoms with Crippen molar-refractivity contribution in [3.05, 3.63) is 35.4 Å². The highest BCUT2D eigenvalue weighted by molar-refractivity contribution is 5.76. The van der Waals surface area contributed by atoms with Crippen molar-refractivity contribution in [3.63, 3.8) is 0 Å². The SMILES string of the molecule is N=C(N)CCCCN1CCCc2ccccc2C1. The minimum atomic E-state index is 0.316. The number of amidine groups is 1. The number of fused-ring (bicyclic) bond motifs is 1. The fourth-order valence-corrected chi connectivity index (χ4v) is 2.61. The van der Waals surface area contributed by atoms with Crippen LogP contribution in [0.4, 0.5) is 0 Å². The van der Waals surface area contributed by atoms with E-state index in [4.69, 9.17) is 11.1 Å². The molecular weight excluding hydrogens is 222 g/mol. The Kier molecular flexibility index (Phi) is 4.76. The molecule has 1 aromatic carbocycles. The molecule has 3 N–H and O–H groups in total. The van der Waals surface area contributed by atoms with E-state index in [0.29, 0.717) is 5.84 Å². The number of nitrogens with one attached hydrogen (secondary N) is 1. The van der Waals surface area contributed by atoms with Crippen molar-refractivity contribution >= 4 is 5.84 Å². The monoisotopic (exact) mass is 245 g/mol. The van der Waals surface area contributed by atoms with Crippen LogP contribution in [0, 0.1) is 5.41 Å². The van der Waals surface area contributed by atoms with Gasteiger partial charge in [-0.2, -0.15) is 0 Å². The Balaban J connectivity index is 1.82. The third-order valence-electron chi connectivity index (χ3n) is 3.60. The van der Waals surface area contributed by atoms with Gasteiger partial charge in [-0.1, -0.05) is 24.3 Å². The molecule has 0 aromatic heterocycles. The predicted octanol–water partition coefficient (Wildman–Crippen LogP) is 2.54. The molecule has 0 radical (unpaired) electrons. The third-order valence-corrected chi connectivity index (χ3v) is 3.60. The summed E-state index contributed by atoms with van der Waals surface area (Å²) < 4.78 is 0. The van der Waals surface area contributed by atoms with Gasteiger partial charge < -0.3 is 5.73 Å². The molecule has 0 atom stereocenters.